The van der Waals surface area contributed by atoms with E-state index < -0.39 is 23.8 Å². The second-order valence-electron chi connectivity index (χ2n) is 4.15. The average molecular weight is 346 g/mol. The highest BCUT2D eigenvalue weighted by Gasteiger charge is 2.34. The number of carbonyl (C=O) groups is 3. The van der Waals surface area contributed by atoms with Crippen molar-refractivity contribution in [2.75, 3.05) is 6.54 Å². The minimum Gasteiger partial charge on any atom is -0.318 e. The van der Waals surface area contributed by atoms with Crippen molar-refractivity contribution in [3.63, 3.8) is 0 Å². The van der Waals surface area contributed by atoms with Crippen molar-refractivity contribution < 1.29 is 14.4 Å². The molecule has 1 saturated heterocycles. The molecule has 1 aliphatic rings. The SMILES string of the molecule is CC1C(=O)NC(=O)CN1C(=O)c1ccc(Br)cc1Cl. The molecule has 7 heteroatoms. The molecule has 1 N–H and O–H groups in total. The average Bonchev–Trinajstić information content (AvgIpc) is 2.33. The molecule has 0 aliphatic carbocycles. The number of carbonyl (C=O) groups excluding carboxylic acids is 3. The molecular formula is C12H10BrClN2O3. The standard InChI is InChI=1S/C12H10BrClN2O3/c1-6-11(18)15-10(17)5-16(6)12(19)8-3-2-7(13)4-9(8)14/h2-4,6H,5H2,1H3,(H,15,17,18). The summed E-state index contributed by atoms with van der Waals surface area (Å²) in [6.45, 7) is 1.41. The highest BCUT2D eigenvalue weighted by molar-refractivity contribution is 9.10. The fourth-order valence-corrected chi connectivity index (χ4v) is 2.53. The smallest absolute Gasteiger partial charge is 0.256 e. The van der Waals surface area contributed by atoms with Gasteiger partial charge in [-0.25, -0.2) is 0 Å². The van der Waals surface area contributed by atoms with Crippen LogP contribution in [0.25, 0.3) is 0 Å². The number of rotatable bonds is 1. The van der Waals surface area contributed by atoms with E-state index in [0.29, 0.717) is 0 Å². The Kier molecular flexibility index (Phi) is 3.91. The zero-order chi connectivity index (χ0) is 14.2. The minimum atomic E-state index is -0.704. The van der Waals surface area contributed by atoms with E-state index >= 15 is 0 Å². The van der Waals surface area contributed by atoms with E-state index in [1.165, 1.54) is 4.90 Å². The molecule has 1 aliphatic heterocycles. The van der Waals surface area contributed by atoms with Gasteiger partial charge in [-0.15, -0.1) is 0 Å². The van der Waals surface area contributed by atoms with E-state index in [1.807, 2.05) is 0 Å². The summed E-state index contributed by atoms with van der Waals surface area (Å²) in [5.41, 5.74) is 0.263. The second-order valence-corrected chi connectivity index (χ2v) is 5.47. The van der Waals surface area contributed by atoms with Gasteiger partial charge in [0, 0.05) is 4.47 Å². The number of piperazine rings is 1. The van der Waals surface area contributed by atoms with Crippen LogP contribution >= 0.6 is 27.5 Å². The van der Waals surface area contributed by atoms with E-state index in [2.05, 4.69) is 21.2 Å². The van der Waals surface area contributed by atoms with Crippen molar-refractivity contribution >= 4 is 45.3 Å². The third kappa shape index (κ3) is 2.79. The monoisotopic (exact) mass is 344 g/mol. The molecule has 3 amide bonds. The van der Waals surface area contributed by atoms with E-state index in [1.54, 1.807) is 25.1 Å². The molecule has 1 aromatic rings. The normalized spacial score (nSPS) is 19.3. The molecule has 5 nitrogen and oxygen atoms in total. The largest absolute Gasteiger partial charge is 0.318 e. The topological polar surface area (TPSA) is 66.5 Å². The maximum atomic E-state index is 12.3. The van der Waals surface area contributed by atoms with Crippen molar-refractivity contribution in [2.24, 2.45) is 0 Å². The lowest BCUT2D eigenvalue weighted by molar-refractivity contribution is -0.138. The first kappa shape index (κ1) is 14.0. The second kappa shape index (κ2) is 5.30. The molecule has 0 aromatic heterocycles. The predicted octanol–water partition coefficient (Wildman–Crippen LogP) is 1.59. The van der Waals surface area contributed by atoms with E-state index in [4.69, 9.17) is 11.6 Å². The summed E-state index contributed by atoms with van der Waals surface area (Å²) >= 11 is 9.25. The van der Waals surface area contributed by atoms with Crippen LogP contribution < -0.4 is 5.32 Å². The molecule has 1 unspecified atom stereocenters. The molecule has 2 rings (SSSR count). The van der Waals surface area contributed by atoms with Gasteiger partial charge >= 0.3 is 0 Å². The first-order chi connectivity index (χ1) is 8.90. The van der Waals surface area contributed by atoms with E-state index in [-0.39, 0.29) is 17.1 Å². The Morgan fingerprint density at radius 2 is 2.16 bits per heavy atom. The van der Waals surface area contributed by atoms with Crippen LogP contribution in [0.4, 0.5) is 0 Å². The number of imide groups is 1. The van der Waals surface area contributed by atoms with Crippen molar-refractivity contribution in [1.82, 2.24) is 10.2 Å². The fraction of sp³-hybridized carbons (Fsp3) is 0.250. The highest BCUT2D eigenvalue weighted by atomic mass is 79.9. The number of benzene rings is 1. The van der Waals surface area contributed by atoms with Crippen molar-refractivity contribution in [3.8, 4) is 0 Å². The van der Waals surface area contributed by atoms with Gasteiger partial charge < -0.3 is 4.90 Å². The van der Waals surface area contributed by atoms with Crippen LogP contribution in [0, 0.1) is 0 Å². The van der Waals surface area contributed by atoms with Crippen LogP contribution in [0.2, 0.25) is 5.02 Å². The first-order valence-electron chi connectivity index (χ1n) is 5.50. The van der Waals surface area contributed by atoms with Gasteiger partial charge in [-0.3, -0.25) is 19.7 Å². The van der Waals surface area contributed by atoms with Crippen LogP contribution in [0.15, 0.2) is 22.7 Å². The first-order valence-corrected chi connectivity index (χ1v) is 6.67. The lowest BCUT2D eigenvalue weighted by Crippen LogP contribution is -2.58. The Hall–Kier alpha value is -1.40. The number of hydrogen-bond acceptors (Lipinski definition) is 3. The molecule has 0 saturated carbocycles. The van der Waals surface area contributed by atoms with Gasteiger partial charge in [0.25, 0.3) is 5.91 Å². The minimum absolute atomic E-state index is 0.155. The number of amides is 3. The highest BCUT2D eigenvalue weighted by Crippen LogP contribution is 2.23. The molecule has 0 spiro atoms. The van der Waals surface area contributed by atoms with Crippen LogP contribution in [-0.2, 0) is 9.59 Å². The van der Waals surface area contributed by atoms with Crippen LogP contribution in [0.5, 0.6) is 0 Å². The third-order valence-electron chi connectivity index (χ3n) is 2.85. The Morgan fingerprint density at radius 3 is 2.79 bits per heavy atom. The van der Waals surface area contributed by atoms with Gasteiger partial charge in [0.05, 0.1) is 10.6 Å². The van der Waals surface area contributed by atoms with E-state index in [9.17, 15) is 14.4 Å². The number of nitrogens with zero attached hydrogens (tertiary/aromatic N) is 1. The van der Waals surface area contributed by atoms with Gasteiger partial charge in [0.1, 0.15) is 12.6 Å². The lowest BCUT2D eigenvalue weighted by Gasteiger charge is -2.31. The zero-order valence-corrected chi connectivity index (χ0v) is 12.3. The van der Waals surface area contributed by atoms with Gasteiger partial charge in [0.15, 0.2) is 0 Å². The Balaban J connectivity index is 2.32. The lowest BCUT2D eigenvalue weighted by atomic mass is 10.1. The maximum Gasteiger partial charge on any atom is 0.256 e. The molecule has 1 heterocycles. The van der Waals surface area contributed by atoms with Gasteiger partial charge in [-0.1, -0.05) is 27.5 Å². The summed E-state index contributed by atoms with van der Waals surface area (Å²) in [6.07, 6.45) is 0. The van der Waals surface area contributed by atoms with Crippen LogP contribution in [0.1, 0.15) is 17.3 Å². The van der Waals surface area contributed by atoms with E-state index in [0.717, 1.165) is 4.47 Å². The summed E-state index contributed by atoms with van der Waals surface area (Å²) < 4.78 is 0.745. The number of hydrogen-bond donors (Lipinski definition) is 1. The molecular weight excluding hydrogens is 336 g/mol. The Morgan fingerprint density at radius 1 is 1.47 bits per heavy atom. The third-order valence-corrected chi connectivity index (χ3v) is 3.65. The number of halogens is 2. The summed E-state index contributed by atoms with van der Waals surface area (Å²) in [5, 5.41) is 2.45. The summed E-state index contributed by atoms with van der Waals surface area (Å²) in [4.78, 5) is 36.4. The predicted molar refractivity (Wildman–Crippen MR) is 72.8 cm³/mol. The summed E-state index contributed by atoms with van der Waals surface area (Å²) in [7, 11) is 0. The zero-order valence-electron chi connectivity index (χ0n) is 9.94. The molecule has 100 valence electrons. The van der Waals surface area contributed by atoms with Crippen LogP contribution in [0.3, 0.4) is 0 Å². The maximum absolute atomic E-state index is 12.3. The Bertz CT molecular complexity index is 576. The molecule has 19 heavy (non-hydrogen) atoms. The quantitative estimate of drug-likeness (QED) is 0.786. The van der Waals surface area contributed by atoms with Crippen LogP contribution in [-0.4, -0.2) is 35.2 Å². The molecule has 1 atom stereocenters. The summed E-state index contributed by atoms with van der Waals surface area (Å²) in [5.74, 6) is -1.42. The van der Waals surface area contributed by atoms with Gasteiger partial charge in [0.2, 0.25) is 11.8 Å². The van der Waals surface area contributed by atoms with Gasteiger partial charge in [-0.05, 0) is 25.1 Å². The Labute approximate surface area is 123 Å². The fourth-order valence-electron chi connectivity index (χ4n) is 1.78. The molecule has 1 aromatic carbocycles. The van der Waals surface area contributed by atoms with Crippen molar-refractivity contribution in [1.29, 1.82) is 0 Å². The molecule has 0 radical (unpaired) electrons. The van der Waals surface area contributed by atoms with Gasteiger partial charge in [-0.2, -0.15) is 0 Å². The van der Waals surface area contributed by atoms with Crippen molar-refractivity contribution in [2.45, 2.75) is 13.0 Å². The molecule has 0 bridgehead atoms. The van der Waals surface area contributed by atoms with Crippen molar-refractivity contribution in [3.05, 3.63) is 33.3 Å². The number of nitrogens with one attached hydrogen (secondary N) is 1. The molecule has 1 fully saturated rings. The summed E-state index contributed by atoms with van der Waals surface area (Å²) in [6, 6.07) is 4.12.